The van der Waals surface area contributed by atoms with Gasteiger partial charge in [0.1, 0.15) is 12.1 Å². The Labute approximate surface area is 123 Å². The van der Waals surface area contributed by atoms with E-state index in [4.69, 9.17) is 4.74 Å². The van der Waals surface area contributed by atoms with Gasteiger partial charge in [-0.25, -0.2) is 9.97 Å². The maximum atomic E-state index is 5.83. The van der Waals surface area contributed by atoms with Crippen LogP contribution in [0.5, 0.6) is 11.6 Å². The first-order valence-electron chi connectivity index (χ1n) is 7.01. The number of nitrogens with one attached hydrogen (secondary N) is 1. The summed E-state index contributed by atoms with van der Waals surface area (Å²) in [5, 5.41) is 4.38. The molecule has 0 radical (unpaired) electrons. The highest BCUT2D eigenvalue weighted by Gasteiger charge is 2.04. The van der Waals surface area contributed by atoms with Crippen molar-refractivity contribution in [3.63, 3.8) is 0 Å². The smallest absolute Gasteiger partial charge is 0.222 e. The molecule has 0 aliphatic carbocycles. The van der Waals surface area contributed by atoms with E-state index >= 15 is 0 Å². The summed E-state index contributed by atoms with van der Waals surface area (Å²) < 4.78 is 7.91. The first kappa shape index (κ1) is 13.6. The van der Waals surface area contributed by atoms with Crippen molar-refractivity contribution in [2.45, 2.75) is 13.5 Å². The predicted molar refractivity (Wildman–Crippen MR) is 82.4 cm³/mol. The van der Waals surface area contributed by atoms with Gasteiger partial charge in [-0.1, -0.05) is 6.92 Å². The Morgan fingerprint density at radius 3 is 2.95 bits per heavy atom. The first-order chi connectivity index (χ1) is 10.3. The third-order valence-corrected chi connectivity index (χ3v) is 3.33. The summed E-state index contributed by atoms with van der Waals surface area (Å²) in [6.45, 7) is 3.69. The quantitative estimate of drug-likeness (QED) is 0.782. The number of aromatic nitrogens is 3. The van der Waals surface area contributed by atoms with Crippen LogP contribution in [0.25, 0.3) is 10.9 Å². The fraction of sp³-hybridized carbons (Fsp3) is 0.250. The van der Waals surface area contributed by atoms with E-state index in [1.54, 1.807) is 0 Å². The number of hydrogen-bond donors (Lipinski definition) is 1. The van der Waals surface area contributed by atoms with Crippen LogP contribution in [0.1, 0.15) is 12.6 Å². The summed E-state index contributed by atoms with van der Waals surface area (Å²) in [5.74, 6) is 1.34. The lowest BCUT2D eigenvalue weighted by Gasteiger charge is -2.07. The first-order valence-corrected chi connectivity index (χ1v) is 7.01. The van der Waals surface area contributed by atoms with E-state index in [-0.39, 0.29) is 0 Å². The normalized spacial score (nSPS) is 11.0. The molecule has 3 aromatic rings. The van der Waals surface area contributed by atoms with Crippen molar-refractivity contribution in [3.8, 4) is 11.6 Å². The van der Waals surface area contributed by atoms with Crippen LogP contribution in [-0.2, 0) is 13.6 Å². The van der Waals surface area contributed by atoms with Gasteiger partial charge in [0.25, 0.3) is 0 Å². The van der Waals surface area contributed by atoms with Crippen LogP contribution in [0.15, 0.2) is 42.9 Å². The van der Waals surface area contributed by atoms with E-state index in [0.29, 0.717) is 12.4 Å². The second-order valence-electron chi connectivity index (χ2n) is 4.88. The van der Waals surface area contributed by atoms with E-state index in [0.717, 1.165) is 23.4 Å². The molecule has 0 aliphatic rings. The molecule has 3 rings (SSSR count). The number of hydrogen-bond acceptors (Lipinski definition) is 4. The van der Waals surface area contributed by atoms with E-state index in [9.17, 15) is 0 Å². The molecule has 108 valence electrons. The van der Waals surface area contributed by atoms with Crippen LogP contribution >= 0.6 is 0 Å². The predicted octanol–water partition coefficient (Wildman–Crippen LogP) is 2.87. The lowest BCUT2D eigenvalue weighted by Crippen LogP contribution is -2.13. The van der Waals surface area contributed by atoms with Crippen LogP contribution in [0.2, 0.25) is 0 Å². The highest BCUT2D eigenvalue weighted by Crippen LogP contribution is 2.25. The van der Waals surface area contributed by atoms with E-state index < -0.39 is 0 Å². The molecule has 1 N–H and O–H groups in total. The molecule has 0 fully saturated rings. The second-order valence-corrected chi connectivity index (χ2v) is 4.88. The highest BCUT2D eigenvalue weighted by atomic mass is 16.5. The molecule has 0 unspecified atom stereocenters. The van der Waals surface area contributed by atoms with Crippen molar-refractivity contribution in [2.75, 3.05) is 6.54 Å². The standard InChI is InChI=1S/C16H18N4O/c1-3-17-10-13-9-16(19-11-18-13)21-14-4-5-15-12(8-14)6-7-20(15)2/h4-9,11,17H,3,10H2,1-2H3. The molecule has 5 nitrogen and oxygen atoms in total. The minimum absolute atomic E-state index is 0.563. The number of benzene rings is 1. The van der Waals surface area contributed by atoms with Crippen LogP contribution in [-0.4, -0.2) is 21.1 Å². The molecule has 0 saturated carbocycles. The average molecular weight is 282 g/mol. The van der Waals surface area contributed by atoms with Gasteiger partial charge in [-0.05, 0) is 30.8 Å². The van der Waals surface area contributed by atoms with Gasteiger partial charge >= 0.3 is 0 Å². The molecule has 0 bridgehead atoms. The van der Waals surface area contributed by atoms with Gasteiger partial charge in [0, 0.05) is 36.8 Å². The molecule has 2 aromatic heterocycles. The summed E-state index contributed by atoms with van der Waals surface area (Å²) >= 11 is 0. The van der Waals surface area contributed by atoms with Gasteiger partial charge in [0.05, 0.1) is 5.69 Å². The van der Waals surface area contributed by atoms with Gasteiger partial charge in [-0.2, -0.15) is 0 Å². The molecule has 5 heteroatoms. The van der Waals surface area contributed by atoms with Gasteiger partial charge in [-0.3, -0.25) is 0 Å². The van der Waals surface area contributed by atoms with Crippen LogP contribution in [0, 0.1) is 0 Å². The SMILES string of the molecule is CCNCc1cc(Oc2ccc3c(ccn3C)c2)ncn1. The zero-order valence-corrected chi connectivity index (χ0v) is 12.2. The minimum Gasteiger partial charge on any atom is -0.439 e. The molecular weight excluding hydrogens is 264 g/mol. The van der Waals surface area contributed by atoms with Crippen molar-refractivity contribution < 1.29 is 4.74 Å². The molecule has 0 spiro atoms. The molecule has 0 amide bonds. The topological polar surface area (TPSA) is 52.0 Å². The van der Waals surface area contributed by atoms with Gasteiger partial charge in [0.2, 0.25) is 5.88 Å². The number of rotatable bonds is 5. The Hall–Kier alpha value is -2.40. The average Bonchev–Trinajstić information content (AvgIpc) is 2.86. The summed E-state index contributed by atoms with van der Waals surface area (Å²) in [5.41, 5.74) is 2.10. The second kappa shape index (κ2) is 5.93. The number of nitrogens with zero attached hydrogens (tertiary/aromatic N) is 3. The summed E-state index contributed by atoms with van der Waals surface area (Å²) in [7, 11) is 2.03. The van der Waals surface area contributed by atoms with Crippen molar-refractivity contribution in [3.05, 3.63) is 48.5 Å². The third kappa shape index (κ3) is 3.03. The Morgan fingerprint density at radius 1 is 1.19 bits per heavy atom. The molecular formula is C16H18N4O. The van der Waals surface area contributed by atoms with Crippen LogP contribution < -0.4 is 10.1 Å². The zero-order chi connectivity index (χ0) is 14.7. The number of aryl methyl sites for hydroxylation is 1. The van der Waals surface area contributed by atoms with Gasteiger partial charge < -0.3 is 14.6 Å². The monoisotopic (exact) mass is 282 g/mol. The Kier molecular flexibility index (Phi) is 3.83. The van der Waals surface area contributed by atoms with Gasteiger partial charge in [-0.15, -0.1) is 0 Å². The van der Waals surface area contributed by atoms with Crippen molar-refractivity contribution in [1.82, 2.24) is 19.9 Å². The molecule has 2 heterocycles. The van der Waals surface area contributed by atoms with Crippen LogP contribution in [0.4, 0.5) is 0 Å². The summed E-state index contributed by atoms with van der Waals surface area (Å²) in [6.07, 6.45) is 3.57. The van der Waals surface area contributed by atoms with Crippen molar-refractivity contribution >= 4 is 10.9 Å². The van der Waals surface area contributed by atoms with Gasteiger partial charge in [0.15, 0.2) is 0 Å². The highest BCUT2D eigenvalue weighted by molar-refractivity contribution is 5.81. The molecule has 0 atom stereocenters. The Bertz CT molecular complexity index is 751. The Morgan fingerprint density at radius 2 is 2.10 bits per heavy atom. The lowest BCUT2D eigenvalue weighted by atomic mass is 10.2. The van der Waals surface area contributed by atoms with E-state index in [1.807, 2.05) is 37.5 Å². The minimum atomic E-state index is 0.563. The van der Waals surface area contributed by atoms with Crippen molar-refractivity contribution in [2.24, 2.45) is 7.05 Å². The lowest BCUT2D eigenvalue weighted by molar-refractivity contribution is 0.460. The molecule has 1 aromatic carbocycles. The van der Waals surface area contributed by atoms with Crippen LogP contribution in [0.3, 0.4) is 0 Å². The van der Waals surface area contributed by atoms with E-state index in [2.05, 4.69) is 32.8 Å². The summed E-state index contributed by atoms with van der Waals surface area (Å²) in [6, 6.07) is 9.94. The maximum Gasteiger partial charge on any atom is 0.222 e. The maximum absolute atomic E-state index is 5.83. The Balaban J connectivity index is 1.81. The number of fused-ring (bicyclic) bond motifs is 1. The zero-order valence-electron chi connectivity index (χ0n) is 12.2. The number of ether oxygens (including phenoxy) is 1. The fourth-order valence-corrected chi connectivity index (χ4v) is 2.23. The molecule has 0 aliphatic heterocycles. The third-order valence-electron chi connectivity index (χ3n) is 3.33. The largest absolute Gasteiger partial charge is 0.439 e. The molecule has 21 heavy (non-hydrogen) atoms. The molecule has 0 saturated heterocycles. The fourth-order valence-electron chi connectivity index (χ4n) is 2.23. The van der Waals surface area contributed by atoms with E-state index in [1.165, 1.54) is 11.8 Å². The summed E-state index contributed by atoms with van der Waals surface area (Å²) in [4.78, 5) is 8.38. The van der Waals surface area contributed by atoms with Crippen molar-refractivity contribution in [1.29, 1.82) is 0 Å².